The Bertz CT molecular complexity index is 532. The van der Waals surface area contributed by atoms with Crippen molar-refractivity contribution >= 4 is 17.5 Å². The average molecular weight is 279 g/mol. The third-order valence-corrected chi connectivity index (χ3v) is 3.79. The number of pyridine rings is 1. The largest absolute Gasteiger partial charge is 0.481 e. The van der Waals surface area contributed by atoms with E-state index in [0.29, 0.717) is 24.3 Å². The summed E-state index contributed by atoms with van der Waals surface area (Å²) in [5.74, 6) is -0.631. The number of aliphatic carboxylic acids is 1. The fourth-order valence-electron chi connectivity index (χ4n) is 2.65. The van der Waals surface area contributed by atoms with Crippen molar-refractivity contribution in [3.63, 3.8) is 0 Å². The molecule has 1 aliphatic rings. The quantitative estimate of drug-likeness (QED) is 0.632. The van der Waals surface area contributed by atoms with E-state index in [1.807, 2.05) is 0 Å². The van der Waals surface area contributed by atoms with Crippen LogP contribution in [0.1, 0.15) is 24.8 Å². The van der Waals surface area contributed by atoms with Crippen LogP contribution in [0.3, 0.4) is 0 Å². The molecule has 0 radical (unpaired) electrons. The number of anilines is 1. The minimum Gasteiger partial charge on any atom is -0.481 e. The molecule has 2 unspecified atom stereocenters. The number of hydrogen-bond donors (Lipinski definition) is 2. The third kappa shape index (κ3) is 3.04. The van der Waals surface area contributed by atoms with Gasteiger partial charge in [-0.3, -0.25) is 14.9 Å². The maximum Gasteiger partial charge on any atom is 0.306 e. The van der Waals surface area contributed by atoms with Crippen LogP contribution in [0.2, 0.25) is 0 Å². The average Bonchev–Trinajstić information content (AvgIpc) is 2.86. The number of rotatable bonds is 5. The molecule has 0 aromatic carbocycles. The molecular formula is C13H17N3O4. The lowest BCUT2D eigenvalue weighted by Crippen LogP contribution is -2.24. The molecule has 1 aromatic heterocycles. The molecule has 20 heavy (non-hydrogen) atoms. The Labute approximate surface area is 116 Å². The SMILES string of the molecule is Cc1cnc(NCC2CCCC2C(=O)O)cc1[N+](=O)[O-]. The van der Waals surface area contributed by atoms with Crippen molar-refractivity contribution in [3.8, 4) is 0 Å². The Morgan fingerprint density at radius 2 is 2.35 bits per heavy atom. The Balaban J connectivity index is 2.02. The number of nitrogens with one attached hydrogen (secondary N) is 1. The summed E-state index contributed by atoms with van der Waals surface area (Å²) >= 11 is 0. The van der Waals surface area contributed by atoms with Gasteiger partial charge in [-0.25, -0.2) is 4.98 Å². The van der Waals surface area contributed by atoms with Gasteiger partial charge in [-0.15, -0.1) is 0 Å². The number of aryl methyl sites for hydroxylation is 1. The van der Waals surface area contributed by atoms with Gasteiger partial charge in [0, 0.05) is 18.3 Å². The van der Waals surface area contributed by atoms with Gasteiger partial charge in [-0.05, 0) is 25.7 Å². The minimum absolute atomic E-state index is 0.0173. The summed E-state index contributed by atoms with van der Waals surface area (Å²) in [6, 6.07) is 1.39. The normalized spacial score (nSPS) is 21.6. The summed E-state index contributed by atoms with van der Waals surface area (Å²) in [6.45, 7) is 2.11. The second-order valence-electron chi connectivity index (χ2n) is 5.13. The molecule has 0 saturated heterocycles. The van der Waals surface area contributed by atoms with Gasteiger partial charge < -0.3 is 10.4 Å². The standard InChI is InChI=1S/C13H17N3O4/c1-8-6-14-12(5-11(8)16(19)20)15-7-9-3-2-4-10(9)13(17)18/h5-6,9-10H,2-4,7H2,1H3,(H,14,15)(H,17,18). The molecule has 1 saturated carbocycles. The second-order valence-corrected chi connectivity index (χ2v) is 5.13. The highest BCUT2D eigenvalue weighted by molar-refractivity contribution is 5.70. The Hall–Kier alpha value is -2.18. The summed E-state index contributed by atoms with van der Waals surface area (Å²) in [5, 5.41) is 23.0. The van der Waals surface area contributed by atoms with Crippen molar-refractivity contribution in [2.45, 2.75) is 26.2 Å². The zero-order chi connectivity index (χ0) is 14.7. The molecule has 1 fully saturated rings. The molecule has 2 rings (SSSR count). The predicted molar refractivity (Wildman–Crippen MR) is 72.6 cm³/mol. The lowest BCUT2D eigenvalue weighted by molar-refractivity contribution is -0.385. The number of nitrogens with zero attached hydrogens (tertiary/aromatic N) is 2. The summed E-state index contributed by atoms with van der Waals surface area (Å²) < 4.78 is 0. The molecule has 0 bridgehead atoms. The monoisotopic (exact) mass is 279 g/mol. The van der Waals surface area contributed by atoms with Crippen LogP contribution in [-0.4, -0.2) is 27.5 Å². The van der Waals surface area contributed by atoms with Crippen molar-refractivity contribution in [2.75, 3.05) is 11.9 Å². The van der Waals surface area contributed by atoms with Gasteiger partial charge in [-0.2, -0.15) is 0 Å². The zero-order valence-electron chi connectivity index (χ0n) is 11.2. The minimum atomic E-state index is -0.767. The van der Waals surface area contributed by atoms with Gasteiger partial charge in [0.05, 0.1) is 16.9 Å². The Morgan fingerprint density at radius 3 is 3.00 bits per heavy atom. The molecular weight excluding hydrogens is 262 g/mol. The van der Waals surface area contributed by atoms with Gasteiger partial charge in [-0.1, -0.05) is 6.42 Å². The Kier molecular flexibility index (Phi) is 4.16. The van der Waals surface area contributed by atoms with E-state index in [4.69, 9.17) is 5.11 Å². The molecule has 0 aliphatic heterocycles. The van der Waals surface area contributed by atoms with E-state index < -0.39 is 10.9 Å². The van der Waals surface area contributed by atoms with E-state index in [1.165, 1.54) is 12.3 Å². The number of carboxylic acid groups (broad SMARTS) is 1. The summed E-state index contributed by atoms with van der Waals surface area (Å²) in [7, 11) is 0. The van der Waals surface area contributed by atoms with Crippen LogP contribution in [0.25, 0.3) is 0 Å². The molecule has 1 heterocycles. The molecule has 7 nitrogen and oxygen atoms in total. The smallest absolute Gasteiger partial charge is 0.306 e. The van der Waals surface area contributed by atoms with Gasteiger partial charge in [0.2, 0.25) is 0 Å². The second kappa shape index (κ2) is 5.85. The van der Waals surface area contributed by atoms with Gasteiger partial charge in [0.15, 0.2) is 0 Å². The predicted octanol–water partition coefficient (Wildman–Crippen LogP) is 2.21. The topological polar surface area (TPSA) is 105 Å². The Morgan fingerprint density at radius 1 is 1.60 bits per heavy atom. The molecule has 0 amide bonds. The first-order valence-electron chi connectivity index (χ1n) is 6.56. The van der Waals surface area contributed by atoms with E-state index in [-0.39, 0.29) is 17.5 Å². The first-order valence-corrected chi connectivity index (χ1v) is 6.56. The lowest BCUT2D eigenvalue weighted by Gasteiger charge is -2.16. The summed E-state index contributed by atoms with van der Waals surface area (Å²) in [4.78, 5) is 25.6. The number of nitro groups is 1. The maximum atomic E-state index is 11.1. The molecule has 1 aliphatic carbocycles. The van der Waals surface area contributed by atoms with Crippen LogP contribution in [0.5, 0.6) is 0 Å². The number of carboxylic acids is 1. The van der Waals surface area contributed by atoms with Gasteiger partial charge >= 0.3 is 5.97 Å². The van der Waals surface area contributed by atoms with E-state index in [2.05, 4.69) is 10.3 Å². The highest BCUT2D eigenvalue weighted by Crippen LogP contribution is 2.32. The fourth-order valence-corrected chi connectivity index (χ4v) is 2.65. The fraction of sp³-hybridized carbons (Fsp3) is 0.538. The number of carbonyl (C=O) groups is 1. The summed E-state index contributed by atoms with van der Waals surface area (Å²) in [5.41, 5.74) is 0.522. The van der Waals surface area contributed by atoms with Crippen LogP contribution < -0.4 is 5.32 Å². The highest BCUT2D eigenvalue weighted by Gasteiger charge is 2.32. The first-order chi connectivity index (χ1) is 9.49. The third-order valence-electron chi connectivity index (χ3n) is 3.79. The van der Waals surface area contributed by atoms with Crippen LogP contribution in [0.4, 0.5) is 11.5 Å². The molecule has 2 atom stereocenters. The molecule has 108 valence electrons. The zero-order valence-corrected chi connectivity index (χ0v) is 11.2. The molecule has 1 aromatic rings. The van der Waals surface area contributed by atoms with E-state index in [0.717, 1.165) is 12.8 Å². The van der Waals surface area contributed by atoms with Gasteiger partial charge in [0.25, 0.3) is 5.69 Å². The van der Waals surface area contributed by atoms with Crippen molar-refractivity contribution in [1.82, 2.24) is 4.98 Å². The van der Waals surface area contributed by atoms with Crippen LogP contribution in [0, 0.1) is 28.9 Å². The van der Waals surface area contributed by atoms with Crippen LogP contribution in [-0.2, 0) is 4.79 Å². The van der Waals surface area contributed by atoms with Crippen LogP contribution >= 0.6 is 0 Å². The van der Waals surface area contributed by atoms with Crippen molar-refractivity contribution in [3.05, 3.63) is 27.9 Å². The van der Waals surface area contributed by atoms with Crippen molar-refractivity contribution < 1.29 is 14.8 Å². The lowest BCUT2D eigenvalue weighted by atomic mass is 9.96. The summed E-state index contributed by atoms with van der Waals surface area (Å²) in [6.07, 6.45) is 3.91. The first kappa shape index (κ1) is 14.2. The molecule has 7 heteroatoms. The van der Waals surface area contributed by atoms with E-state index in [1.54, 1.807) is 6.92 Å². The number of hydrogen-bond acceptors (Lipinski definition) is 5. The molecule has 0 spiro atoms. The number of aromatic nitrogens is 1. The highest BCUT2D eigenvalue weighted by atomic mass is 16.6. The van der Waals surface area contributed by atoms with E-state index >= 15 is 0 Å². The molecule has 2 N–H and O–H groups in total. The van der Waals surface area contributed by atoms with Gasteiger partial charge in [0.1, 0.15) is 5.82 Å². The van der Waals surface area contributed by atoms with E-state index in [9.17, 15) is 14.9 Å². The van der Waals surface area contributed by atoms with Crippen LogP contribution in [0.15, 0.2) is 12.3 Å². The maximum absolute atomic E-state index is 11.1. The van der Waals surface area contributed by atoms with Crippen molar-refractivity contribution in [2.24, 2.45) is 11.8 Å². The van der Waals surface area contributed by atoms with Crippen molar-refractivity contribution in [1.29, 1.82) is 0 Å².